The molecule has 4 nitrogen and oxygen atoms in total. The summed E-state index contributed by atoms with van der Waals surface area (Å²) in [5.41, 5.74) is 2.13. The molecule has 0 aliphatic rings. The highest BCUT2D eigenvalue weighted by Crippen LogP contribution is 2.09. The highest BCUT2D eigenvalue weighted by molar-refractivity contribution is 7.80. The van der Waals surface area contributed by atoms with Gasteiger partial charge in [0.2, 0.25) is 5.91 Å². The van der Waals surface area contributed by atoms with E-state index in [2.05, 4.69) is 10.6 Å². The van der Waals surface area contributed by atoms with E-state index in [1.807, 2.05) is 56.9 Å². The summed E-state index contributed by atoms with van der Waals surface area (Å²) in [7, 11) is 0. The molecule has 0 heterocycles. The van der Waals surface area contributed by atoms with Crippen LogP contribution in [0.4, 0.5) is 5.69 Å². The van der Waals surface area contributed by atoms with Crippen LogP contribution in [0.5, 0.6) is 0 Å². The summed E-state index contributed by atoms with van der Waals surface area (Å²) in [5, 5.41) is 6.59. The van der Waals surface area contributed by atoms with E-state index in [-0.39, 0.29) is 18.5 Å². The molecule has 1 aromatic rings. The van der Waals surface area contributed by atoms with Crippen molar-refractivity contribution >= 4 is 28.9 Å². The summed E-state index contributed by atoms with van der Waals surface area (Å²) < 4.78 is 0. The Bertz CT molecular complexity index is 457. The van der Waals surface area contributed by atoms with Crippen LogP contribution in [-0.2, 0) is 4.79 Å². The number of nitrogens with one attached hydrogen (secondary N) is 2. The third-order valence-electron chi connectivity index (χ3n) is 2.76. The molecule has 20 heavy (non-hydrogen) atoms. The fraction of sp³-hybridized carbons (Fsp3) is 0.467. The molecule has 0 aromatic heterocycles. The van der Waals surface area contributed by atoms with Crippen LogP contribution in [0, 0.1) is 6.92 Å². The molecule has 2 N–H and O–H groups in total. The van der Waals surface area contributed by atoms with Crippen molar-refractivity contribution in [3.05, 3.63) is 29.8 Å². The topological polar surface area (TPSA) is 44.4 Å². The van der Waals surface area contributed by atoms with Gasteiger partial charge in [-0.2, -0.15) is 0 Å². The number of likely N-dealkylation sites (N-methyl/N-ethyl adjacent to an activating group) is 1. The van der Waals surface area contributed by atoms with Gasteiger partial charge in [-0.15, -0.1) is 0 Å². The first-order valence-electron chi connectivity index (χ1n) is 6.84. The number of thiocarbonyl (C=S) groups is 1. The molecule has 0 spiro atoms. The summed E-state index contributed by atoms with van der Waals surface area (Å²) in [6, 6.07) is 8.13. The van der Waals surface area contributed by atoms with Crippen molar-refractivity contribution in [3.63, 3.8) is 0 Å². The van der Waals surface area contributed by atoms with Gasteiger partial charge in [0.1, 0.15) is 0 Å². The molecule has 0 radical (unpaired) electrons. The van der Waals surface area contributed by atoms with Gasteiger partial charge in [-0.05, 0) is 52.0 Å². The lowest BCUT2D eigenvalue weighted by atomic mass is 10.2. The number of aryl methyl sites for hydroxylation is 1. The maximum atomic E-state index is 11.8. The first-order valence-corrected chi connectivity index (χ1v) is 7.25. The van der Waals surface area contributed by atoms with Gasteiger partial charge in [0.05, 0.1) is 6.54 Å². The fourth-order valence-corrected chi connectivity index (χ4v) is 2.02. The minimum Gasteiger partial charge on any atom is -0.352 e. The van der Waals surface area contributed by atoms with Crippen molar-refractivity contribution in [3.8, 4) is 0 Å². The number of hydrogen-bond acceptors (Lipinski definition) is 2. The van der Waals surface area contributed by atoms with Gasteiger partial charge in [-0.1, -0.05) is 17.7 Å². The van der Waals surface area contributed by atoms with Crippen molar-refractivity contribution in [2.24, 2.45) is 0 Å². The smallest absolute Gasteiger partial charge is 0.239 e. The number of rotatable bonds is 5. The summed E-state index contributed by atoms with van der Waals surface area (Å²) >= 11 is 5.36. The lowest BCUT2D eigenvalue weighted by Gasteiger charge is -2.24. The molecule has 1 aromatic carbocycles. The Morgan fingerprint density at radius 2 is 1.90 bits per heavy atom. The number of anilines is 1. The normalized spacial score (nSPS) is 10.2. The fourth-order valence-electron chi connectivity index (χ4n) is 1.71. The maximum absolute atomic E-state index is 11.8. The Labute approximate surface area is 126 Å². The zero-order valence-electron chi connectivity index (χ0n) is 12.6. The van der Waals surface area contributed by atoms with Gasteiger partial charge in [-0.25, -0.2) is 0 Å². The van der Waals surface area contributed by atoms with Crippen molar-refractivity contribution in [2.75, 3.05) is 18.4 Å². The van der Waals surface area contributed by atoms with Gasteiger partial charge < -0.3 is 15.5 Å². The van der Waals surface area contributed by atoms with Gasteiger partial charge in [-0.3, -0.25) is 4.79 Å². The van der Waals surface area contributed by atoms with Gasteiger partial charge >= 0.3 is 0 Å². The monoisotopic (exact) mass is 293 g/mol. The summed E-state index contributed by atoms with van der Waals surface area (Å²) in [6.07, 6.45) is 0. The van der Waals surface area contributed by atoms with Crippen LogP contribution in [0.3, 0.4) is 0 Å². The zero-order chi connectivity index (χ0) is 15.1. The number of amides is 1. The highest BCUT2D eigenvalue weighted by atomic mass is 32.1. The van der Waals surface area contributed by atoms with Crippen LogP contribution in [0.2, 0.25) is 0 Å². The molecule has 0 saturated heterocycles. The molecule has 1 rings (SSSR count). The zero-order valence-corrected chi connectivity index (χ0v) is 13.4. The molecule has 0 aliphatic heterocycles. The number of hydrogen-bond donors (Lipinski definition) is 2. The van der Waals surface area contributed by atoms with E-state index >= 15 is 0 Å². The second kappa shape index (κ2) is 7.85. The third-order valence-corrected chi connectivity index (χ3v) is 3.12. The number of nitrogens with zero attached hydrogens (tertiary/aromatic N) is 1. The predicted molar refractivity (Wildman–Crippen MR) is 87.9 cm³/mol. The Hall–Kier alpha value is -1.62. The Morgan fingerprint density at radius 1 is 1.30 bits per heavy atom. The van der Waals surface area contributed by atoms with Crippen LogP contribution in [-0.4, -0.2) is 35.1 Å². The molecule has 0 fully saturated rings. The second-order valence-corrected chi connectivity index (χ2v) is 5.42. The minimum atomic E-state index is -0.0186. The van der Waals surface area contributed by atoms with Gasteiger partial charge in [0.25, 0.3) is 0 Å². The lowest BCUT2D eigenvalue weighted by Crippen LogP contribution is -2.44. The van der Waals surface area contributed by atoms with E-state index < -0.39 is 0 Å². The van der Waals surface area contributed by atoms with Crippen molar-refractivity contribution in [1.29, 1.82) is 0 Å². The van der Waals surface area contributed by atoms with E-state index in [1.54, 1.807) is 0 Å². The Morgan fingerprint density at radius 3 is 2.40 bits per heavy atom. The largest absolute Gasteiger partial charge is 0.352 e. The van der Waals surface area contributed by atoms with E-state index in [0.717, 1.165) is 5.69 Å². The van der Waals surface area contributed by atoms with Crippen LogP contribution in [0.15, 0.2) is 24.3 Å². The maximum Gasteiger partial charge on any atom is 0.239 e. The predicted octanol–water partition coefficient (Wildman–Crippen LogP) is 2.54. The van der Waals surface area contributed by atoms with Crippen LogP contribution in [0.25, 0.3) is 0 Å². The number of carbonyl (C=O) groups excluding carboxylic acids is 1. The van der Waals surface area contributed by atoms with E-state index in [9.17, 15) is 4.79 Å². The van der Waals surface area contributed by atoms with Crippen LogP contribution >= 0.6 is 12.2 Å². The minimum absolute atomic E-state index is 0.0186. The number of carbonyl (C=O) groups is 1. The van der Waals surface area contributed by atoms with E-state index in [0.29, 0.717) is 11.7 Å². The Kier molecular flexibility index (Phi) is 6.45. The summed E-state index contributed by atoms with van der Waals surface area (Å²) in [6.45, 7) is 8.85. The molecule has 1 amide bonds. The molecule has 0 aliphatic carbocycles. The summed E-state index contributed by atoms with van der Waals surface area (Å²) in [4.78, 5) is 13.6. The number of benzene rings is 1. The third kappa shape index (κ3) is 5.57. The van der Waals surface area contributed by atoms with Gasteiger partial charge in [0, 0.05) is 18.3 Å². The van der Waals surface area contributed by atoms with E-state index in [4.69, 9.17) is 12.2 Å². The van der Waals surface area contributed by atoms with Crippen molar-refractivity contribution in [1.82, 2.24) is 10.2 Å². The molecular formula is C15H23N3OS. The molecule has 0 unspecified atom stereocenters. The van der Waals surface area contributed by atoms with E-state index in [1.165, 1.54) is 5.56 Å². The molecular weight excluding hydrogens is 270 g/mol. The quantitative estimate of drug-likeness (QED) is 0.819. The molecule has 0 saturated carbocycles. The molecule has 5 heteroatoms. The average molecular weight is 293 g/mol. The molecule has 0 atom stereocenters. The van der Waals surface area contributed by atoms with Crippen LogP contribution < -0.4 is 10.6 Å². The average Bonchev–Trinajstić information content (AvgIpc) is 2.37. The SMILES string of the molecule is CCN(CC(=O)NC(C)C)C(=S)Nc1ccc(C)cc1. The lowest BCUT2D eigenvalue weighted by molar-refractivity contribution is -0.121. The van der Waals surface area contributed by atoms with Crippen molar-refractivity contribution < 1.29 is 4.79 Å². The van der Waals surface area contributed by atoms with Crippen LogP contribution in [0.1, 0.15) is 26.3 Å². The highest BCUT2D eigenvalue weighted by Gasteiger charge is 2.13. The first kappa shape index (κ1) is 16.4. The Balaban J connectivity index is 2.58. The first-order chi connectivity index (χ1) is 9.42. The van der Waals surface area contributed by atoms with Crippen molar-refractivity contribution in [2.45, 2.75) is 33.7 Å². The summed E-state index contributed by atoms with van der Waals surface area (Å²) in [5.74, 6) is -0.0186. The standard InChI is InChI=1S/C15H23N3OS/c1-5-18(10-14(19)16-11(2)3)15(20)17-13-8-6-12(4)7-9-13/h6-9,11H,5,10H2,1-4H3,(H,16,19)(H,17,20). The molecule has 0 bridgehead atoms. The molecule has 110 valence electrons. The second-order valence-electron chi connectivity index (χ2n) is 5.03. The van der Waals surface area contributed by atoms with Gasteiger partial charge in [0.15, 0.2) is 5.11 Å².